The van der Waals surface area contributed by atoms with Crippen LogP contribution in [0.2, 0.25) is 0 Å². The molecule has 0 unspecified atom stereocenters. The topological polar surface area (TPSA) is 135 Å². The van der Waals surface area contributed by atoms with Crippen LogP contribution in [0.3, 0.4) is 0 Å². The van der Waals surface area contributed by atoms with Gasteiger partial charge in [0.1, 0.15) is 11.3 Å². The number of benzene rings is 1. The number of hydrogen-bond acceptors (Lipinski definition) is 7. The Labute approximate surface area is 171 Å². The number of allylic oxidation sites excluding steroid dienone is 1. The number of fused-ring (bicyclic) bond motifs is 1. The van der Waals surface area contributed by atoms with Crippen molar-refractivity contribution in [3.05, 3.63) is 71.6 Å². The summed E-state index contributed by atoms with van der Waals surface area (Å²) in [7, 11) is 0. The average Bonchev–Trinajstić information content (AvgIpc) is 3.36. The lowest BCUT2D eigenvalue weighted by molar-refractivity contribution is 0.102. The highest BCUT2D eigenvalue weighted by Gasteiger charge is 2.15. The Morgan fingerprint density at radius 2 is 2.10 bits per heavy atom. The molecule has 3 heterocycles. The van der Waals surface area contributed by atoms with E-state index in [0.29, 0.717) is 39.9 Å². The van der Waals surface area contributed by atoms with Crippen molar-refractivity contribution in [2.75, 3.05) is 5.32 Å². The van der Waals surface area contributed by atoms with Gasteiger partial charge in [-0.2, -0.15) is 4.98 Å². The highest BCUT2D eigenvalue weighted by atomic mass is 16.5. The van der Waals surface area contributed by atoms with Gasteiger partial charge in [-0.15, -0.1) is 0 Å². The standard InChI is InChI=1S/C21H19N7O2/c1-12-3-4-14(20-25-13(2)30-27-20)7-17(12)26-21(29)18-10-24-19-6-5-15(11-28(18)19)16(8-22)9-23/h3-11,22H,23H2,1-2H3,(H,26,29)/b16-9+,22-8?. The lowest BCUT2D eigenvalue weighted by Gasteiger charge is -2.10. The van der Waals surface area contributed by atoms with Crippen molar-refractivity contribution in [2.24, 2.45) is 5.73 Å². The molecule has 0 aliphatic heterocycles. The molecule has 150 valence electrons. The van der Waals surface area contributed by atoms with Crippen molar-refractivity contribution in [3.8, 4) is 11.4 Å². The van der Waals surface area contributed by atoms with Gasteiger partial charge in [0.15, 0.2) is 0 Å². The SMILES string of the molecule is Cc1nc(-c2ccc(C)c(NC(=O)c3cnc4ccc(/C(C=N)=C/N)cn34)c2)no1. The van der Waals surface area contributed by atoms with E-state index in [1.54, 1.807) is 35.7 Å². The molecule has 0 radical (unpaired) electrons. The first-order chi connectivity index (χ1) is 14.5. The molecule has 0 saturated carbocycles. The van der Waals surface area contributed by atoms with Gasteiger partial charge in [0.05, 0.1) is 6.20 Å². The summed E-state index contributed by atoms with van der Waals surface area (Å²) in [5.74, 6) is 0.598. The minimum atomic E-state index is -0.322. The van der Waals surface area contributed by atoms with Gasteiger partial charge in [-0.3, -0.25) is 9.20 Å². The predicted octanol–water partition coefficient (Wildman–Crippen LogP) is 3.20. The van der Waals surface area contributed by atoms with Crippen LogP contribution < -0.4 is 11.1 Å². The molecule has 30 heavy (non-hydrogen) atoms. The van der Waals surface area contributed by atoms with Crippen molar-refractivity contribution in [1.29, 1.82) is 5.41 Å². The lowest BCUT2D eigenvalue weighted by atomic mass is 10.1. The van der Waals surface area contributed by atoms with E-state index in [9.17, 15) is 4.79 Å². The van der Waals surface area contributed by atoms with Gasteiger partial charge < -0.3 is 21.0 Å². The maximum absolute atomic E-state index is 13.0. The summed E-state index contributed by atoms with van der Waals surface area (Å²) < 4.78 is 6.70. The van der Waals surface area contributed by atoms with E-state index in [2.05, 4.69) is 20.4 Å². The fourth-order valence-corrected chi connectivity index (χ4v) is 3.05. The van der Waals surface area contributed by atoms with Crippen LogP contribution >= 0.6 is 0 Å². The van der Waals surface area contributed by atoms with E-state index in [4.69, 9.17) is 15.7 Å². The van der Waals surface area contributed by atoms with Gasteiger partial charge in [-0.05, 0) is 30.7 Å². The average molecular weight is 401 g/mol. The largest absolute Gasteiger partial charge is 0.404 e. The second-order valence-electron chi connectivity index (χ2n) is 6.68. The Bertz CT molecular complexity index is 1300. The molecule has 4 aromatic rings. The highest BCUT2D eigenvalue weighted by Crippen LogP contribution is 2.24. The number of aromatic nitrogens is 4. The van der Waals surface area contributed by atoms with Crippen molar-refractivity contribution >= 4 is 29.0 Å². The molecule has 4 rings (SSSR count). The first-order valence-corrected chi connectivity index (χ1v) is 9.12. The summed E-state index contributed by atoms with van der Waals surface area (Å²) in [6, 6.07) is 9.12. The molecular weight excluding hydrogens is 382 g/mol. The third kappa shape index (κ3) is 3.44. The van der Waals surface area contributed by atoms with Gasteiger partial charge in [0.2, 0.25) is 11.7 Å². The highest BCUT2D eigenvalue weighted by molar-refractivity contribution is 6.08. The molecule has 0 bridgehead atoms. The summed E-state index contributed by atoms with van der Waals surface area (Å²) in [4.78, 5) is 21.5. The van der Waals surface area contributed by atoms with Gasteiger partial charge >= 0.3 is 0 Å². The zero-order valence-corrected chi connectivity index (χ0v) is 16.4. The molecule has 0 saturated heterocycles. The third-order valence-electron chi connectivity index (χ3n) is 4.68. The fourth-order valence-electron chi connectivity index (χ4n) is 3.05. The lowest BCUT2D eigenvalue weighted by Crippen LogP contribution is -2.15. The van der Waals surface area contributed by atoms with Crippen molar-refractivity contribution in [3.63, 3.8) is 0 Å². The van der Waals surface area contributed by atoms with Crippen LogP contribution in [0.1, 0.15) is 27.5 Å². The van der Waals surface area contributed by atoms with E-state index >= 15 is 0 Å². The normalized spacial score (nSPS) is 11.6. The Kier molecular flexibility index (Phi) is 4.85. The Morgan fingerprint density at radius 1 is 1.27 bits per heavy atom. The molecule has 0 spiro atoms. The number of hydrogen-bond donors (Lipinski definition) is 3. The summed E-state index contributed by atoms with van der Waals surface area (Å²) in [5.41, 5.74) is 10.0. The smallest absolute Gasteiger partial charge is 0.274 e. The van der Waals surface area contributed by atoms with Crippen LogP contribution in [-0.4, -0.2) is 31.6 Å². The molecule has 0 aliphatic carbocycles. The van der Waals surface area contributed by atoms with Crippen LogP contribution in [0.25, 0.3) is 22.6 Å². The number of nitrogens with two attached hydrogens (primary N) is 1. The number of pyridine rings is 1. The van der Waals surface area contributed by atoms with Crippen molar-refractivity contribution in [1.82, 2.24) is 19.5 Å². The molecule has 0 fully saturated rings. The number of anilines is 1. The number of nitrogens with one attached hydrogen (secondary N) is 2. The Hall–Kier alpha value is -4.27. The summed E-state index contributed by atoms with van der Waals surface area (Å²) in [5, 5.41) is 14.3. The minimum Gasteiger partial charge on any atom is -0.404 e. The predicted molar refractivity (Wildman–Crippen MR) is 113 cm³/mol. The van der Waals surface area contributed by atoms with Gasteiger partial charge in [0.25, 0.3) is 5.91 Å². The summed E-state index contributed by atoms with van der Waals surface area (Å²) in [6.45, 7) is 3.62. The number of amides is 1. The van der Waals surface area contributed by atoms with Crippen LogP contribution in [0.5, 0.6) is 0 Å². The Morgan fingerprint density at radius 3 is 2.80 bits per heavy atom. The molecule has 1 amide bonds. The van der Waals surface area contributed by atoms with Crippen LogP contribution in [-0.2, 0) is 0 Å². The number of imidazole rings is 1. The number of nitrogens with zero attached hydrogens (tertiary/aromatic N) is 4. The van der Waals surface area contributed by atoms with Crippen LogP contribution in [0.4, 0.5) is 5.69 Å². The molecule has 4 N–H and O–H groups in total. The quantitative estimate of drug-likeness (QED) is 0.440. The van der Waals surface area contributed by atoms with E-state index in [1.165, 1.54) is 12.4 Å². The monoisotopic (exact) mass is 401 g/mol. The molecule has 9 nitrogen and oxygen atoms in total. The summed E-state index contributed by atoms with van der Waals surface area (Å²) >= 11 is 0. The van der Waals surface area contributed by atoms with E-state index in [-0.39, 0.29) is 5.91 Å². The third-order valence-corrected chi connectivity index (χ3v) is 4.68. The van der Waals surface area contributed by atoms with Crippen molar-refractivity contribution < 1.29 is 9.32 Å². The maximum Gasteiger partial charge on any atom is 0.274 e. The molecule has 0 aliphatic rings. The van der Waals surface area contributed by atoms with Crippen LogP contribution in [0, 0.1) is 19.3 Å². The van der Waals surface area contributed by atoms with E-state index in [0.717, 1.165) is 17.3 Å². The molecule has 9 heteroatoms. The number of carbonyl (C=O) groups excluding carboxylic acids is 1. The number of carbonyl (C=O) groups is 1. The number of rotatable bonds is 5. The summed E-state index contributed by atoms with van der Waals surface area (Å²) in [6.07, 6.45) is 5.74. The molecule has 3 aromatic heterocycles. The van der Waals surface area contributed by atoms with Crippen LogP contribution in [0.15, 0.2) is 53.4 Å². The van der Waals surface area contributed by atoms with Crippen molar-refractivity contribution in [2.45, 2.75) is 13.8 Å². The zero-order chi connectivity index (χ0) is 21.3. The second kappa shape index (κ2) is 7.63. The first-order valence-electron chi connectivity index (χ1n) is 9.12. The van der Waals surface area contributed by atoms with E-state index in [1.807, 2.05) is 19.1 Å². The molecule has 0 atom stereocenters. The zero-order valence-electron chi connectivity index (χ0n) is 16.4. The maximum atomic E-state index is 13.0. The fraction of sp³-hybridized carbons (Fsp3) is 0.0952. The van der Waals surface area contributed by atoms with Gasteiger partial charge in [-0.25, -0.2) is 4.98 Å². The second-order valence-corrected chi connectivity index (χ2v) is 6.68. The van der Waals surface area contributed by atoms with Gasteiger partial charge in [-0.1, -0.05) is 17.3 Å². The molecular formula is C21H19N7O2. The number of aryl methyl sites for hydroxylation is 2. The molecule has 1 aromatic carbocycles. The first kappa shape index (κ1) is 19.1. The minimum absolute atomic E-state index is 0.322. The Balaban J connectivity index is 1.68. The van der Waals surface area contributed by atoms with Gasteiger partial charge in [0, 0.05) is 47.9 Å². The van der Waals surface area contributed by atoms with E-state index < -0.39 is 0 Å².